The summed E-state index contributed by atoms with van der Waals surface area (Å²) in [6.07, 6.45) is 0. The molecule has 0 fully saturated rings. The Morgan fingerprint density at radius 1 is 1.31 bits per heavy atom. The molecule has 13 heavy (non-hydrogen) atoms. The maximum Gasteiger partial charge on any atom is 0.0168 e. The molecule has 1 nitrogen and oxygen atoms in total. The summed E-state index contributed by atoms with van der Waals surface area (Å²) >= 11 is 2.36. The standard InChI is InChI=1S/C11H16IN/c1-8(13)11(2,3)9-6-4-5-7-10(9)12/h4-8H,13H2,1-3H3. The highest BCUT2D eigenvalue weighted by Gasteiger charge is 2.26. The van der Waals surface area contributed by atoms with Crippen molar-refractivity contribution in [3.63, 3.8) is 0 Å². The van der Waals surface area contributed by atoms with Gasteiger partial charge in [0.05, 0.1) is 0 Å². The van der Waals surface area contributed by atoms with Gasteiger partial charge in [0.15, 0.2) is 0 Å². The average Bonchev–Trinajstić information content (AvgIpc) is 2.04. The largest absolute Gasteiger partial charge is 0.327 e. The van der Waals surface area contributed by atoms with Crippen molar-refractivity contribution in [2.75, 3.05) is 0 Å². The van der Waals surface area contributed by atoms with Crippen LogP contribution in [0.15, 0.2) is 24.3 Å². The molecule has 0 spiro atoms. The zero-order valence-electron chi connectivity index (χ0n) is 8.34. The zero-order valence-corrected chi connectivity index (χ0v) is 10.5. The van der Waals surface area contributed by atoms with E-state index in [9.17, 15) is 0 Å². The summed E-state index contributed by atoms with van der Waals surface area (Å²) in [5, 5.41) is 0. The lowest BCUT2D eigenvalue weighted by atomic mass is 9.79. The van der Waals surface area contributed by atoms with Gasteiger partial charge < -0.3 is 5.73 Å². The van der Waals surface area contributed by atoms with Crippen LogP contribution in [0.3, 0.4) is 0 Å². The molecule has 72 valence electrons. The molecule has 2 N–H and O–H groups in total. The first kappa shape index (κ1) is 11.0. The minimum Gasteiger partial charge on any atom is -0.327 e. The van der Waals surface area contributed by atoms with E-state index in [4.69, 9.17) is 5.73 Å². The summed E-state index contributed by atoms with van der Waals surface area (Å²) < 4.78 is 1.29. The van der Waals surface area contributed by atoms with E-state index in [0.29, 0.717) is 0 Å². The van der Waals surface area contributed by atoms with Crippen LogP contribution in [-0.4, -0.2) is 6.04 Å². The zero-order chi connectivity index (χ0) is 10.1. The topological polar surface area (TPSA) is 26.0 Å². The lowest BCUT2D eigenvalue weighted by Crippen LogP contribution is -2.38. The lowest BCUT2D eigenvalue weighted by Gasteiger charge is -2.30. The summed E-state index contributed by atoms with van der Waals surface area (Å²) in [7, 11) is 0. The molecule has 1 aromatic rings. The normalized spacial score (nSPS) is 14.2. The van der Waals surface area contributed by atoms with Gasteiger partial charge in [-0.3, -0.25) is 0 Å². The van der Waals surface area contributed by atoms with Crippen LogP contribution in [0.4, 0.5) is 0 Å². The van der Waals surface area contributed by atoms with Gasteiger partial charge in [0.1, 0.15) is 0 Å². The van der Waals surface area contributed by atoms with Gasteiger partial charge in [-0.05, 0) is 41.1 Å². The van der Waals surface area contributed by atoms with E-state index < -0.39 is 0 Å². The summed E-state index contributed by atoms with van der Waals surface area (Å²) in [5.74, 6) is 0. The van der Waals surface area contributed by atoms with Crippen molar-refractivity contribution in [1.82, 2.24) is 0 Å². The summed E-state index contributed by atoms with van der Waals surface area (Å²) in [6.45, 7) is 6.44. The number of halogens is 1. The van der Waals surface area contributed by atoms with Crippen molar-refractivity contribution in [3.8, 4) is 0 Å². The first-order valence-electron chi connectivity index (χ1n) is 4.47. The summed E-state index contributed by atoms with van der Waals surface area (Å²) in [6, 6.07) is 8.58. The van der Waals surface area contributed by atoms with Crippen molar-refractivity contribution in [3.05, 3.63) is 33.4 Å². The molecule has 1 rings (SSSR count). The highest BCUT2D eigenvalue weighted by atomic mass is 127. The SMILES string of the molecule is CC(N)C(C)(C)c1ccccc1I. The summed E-state index contributed by atoms with van der Waals surface area (Å²) in [5.41, 5.74) is 7.36. The molecule has 0 amide bonds. The van der Waals surface area contributed by atoms with Crippen molar-refractivity contribution in [1.29, 1.82) is 0 Å². The first-order valence-corrected chi connectivity index (χ1v) is 5.54. The Labute approximate surface area is 93.9 Å². The van der Waals surface area contributed by atoms with E-state index in [0.717, 1.165) is 0 Å². The Kier molecular flexibility index (Phi) is 3.35. The maximum absolute atomic E-state index is 5.97. The molecule has 1 atom stereocenters. The molecule has 2 heteroatoms. The third-order valence-corrected chi connectivity index (χ3v) is 3.65. The van der Waals surface area contributed by atoms with E-state index in [1.165, 1.54) is 9.13 Å². The van der Waals surface area contributed by atoms with Crippen LogP contribution < -0.4 is 5.73 Å². The van der Waals surface area contributed by atoms with Crippen LogP contribution in [0.2, 0.25) is 0 Å². The molecule has 0 bridgehead atoms. The molecule has 0 aromatic heterocycles. The third kappa shape index (κ3) is 2.23. The Balaban J connectivity index is 3.14. The number of benzene rings is 1. The van der Waals surface area contributed by atoms with E-state index in [1.54, 1.807) is 0 Å². The van der Waals surface area contributed by atoms with Gasteiger partial charge >= 0.3 is 0 Å². The number of hydrogen-bond donors (Lipinski definition) is 1. The maximum atomic E-state index is 5.97. The molecule has 1 aromatic carbocycles. The van der Waals surface area contributed by atoms with Gasteiger partial charge in [-0.2, -0.15) is 0 Å². The van der Waals surface area contributed by atoms with E-state index >= 15 is 0 Å². The smallest absolute Gasteiger partial charge is 0.0168 e. The second-order valence-corrected chi connectivity index (χ2v) is 5.15. The molecule has 0 aliphatic heterocycles. The Morgan fingerprint density at radius 3 is 2.31 bits per heavy atom. The van der Waals surface area contributed by atoms with Crippen LogP contribution >= 0.6 is 22.6 Å². The van der Waals surface area contributed by atoms with Crippen molar-refractivity contribution in [2.24, 2.45) is 5.73 Å². The number of nitrogens with two attached hydrogens (primary N) is 1. The van der Waals surface area contributed by atoms with Crippen LogP contribution in [0, 0.1) is 3.57 Å². The quantitative estimate of drug-likeness (QED) is 0.832. The predicted molar refractivity (Wildman–Crippen MR) is 65.8 cm³/mol. The number of rotatable bonds is 2. The highest BCUT2D eigenvalue weighted by Crippen LogP contribution is 2.29. The fourth-order valence-electron chi connectivity index (χ4n) is 1.23. The molecular formula is C11H16IN. The van der Waals surface area contributed by atoms with Gasteiger partial charge in [-0.25, -0.2) is 0 Å². The molecule has 0 radical (unpaired) electrons. The van der Waals surface area contributed by atoms with E-state index in [2.05, 4.69) is 67.6 Å². The van der Waals surface area contributed by atoms with Crippen LogP contribution in [-0.2, 0) is 5.41 Å². The minimum atomic E-state index is 0.0534. The number of hydrogen-bond acceptors (Lipinski definition) is 1. The molecular weight excluding hydrogens is 273 g/mol. The lowest BCUT2D eigenvalue weighted by molar-refractivity contribution is 0.432. The summed E-state index contributed by atoms with van der Waals surface area (Å²) in [4.78, 5) is 0. The Hall–Kier alpha value is -0.0900. The fourth-order valence-corrected chi connectivity index (χ4v) is 2.31. The van der Waals surface area contributed by atoms with Gasteiger partial charge in [-0.1, -0.05) is 32.0 Å². The van der Waals surface area contributed by atoms with Crippen LogP contribution in [0.1, 0.15) is 26.3 Å². The Bertz CT molecular complexity index is 292. The average molecular weight is 289 g/mol. The van der Waals surface area contributed by atoms with Crippen LogP contribution in [0.25, 0.3) is 0 Å². The van der Waals surface area contributed by atoms with Crippen LogP contribution in [0.5, 0.6) is 0 Å². The molecule has 1 unspecified atom stereocenters. The minimum absolute atomic E-state index is 0.0534. The fraction of sp³-hybridized carbons (Fsp3) is 0.455. The van der Waals surface area contributed by atoms with Crippen molar-refractivity contribution >= 4 is 22.6 Å². The highest BCUT2D eigenvalue weighted by molar-refractivity contribution is 14.1. The van der Waals surface area contributed by atoms with E-state index in [1.807, 2.05) is 0 Å². The second kappa shape index (κ2) is 3.96. The van der Waals surface area contributed by atoms with E-state index in [-0.39, 0.29) is 11.5 Å². The first-order chi connectivity index (χ1) is 5.96. The van der Waals surface area contributed by atoms with Gasteiger partial charge in [-0.15, -0.1) is 0 Å². The molecule has 0 saturated carbocycles. The Morgan fingerprint density at radius 2 is 1.85 bits per heavy atom. The monoisotopic (exact) mass is 289 g/mol. The molecule has 0 saturated heterocycles. The molecule has 0 aliphatic carbocycles. The molecule has 0 heterocycles. The van der Waals surface area contributed by atoms with Gasteiger partial charge in [0.25, 0.3) is 0 Å². The van der Waals surface area contributed by atoms with Gasteiger partial charge in [0, 0.05) is 15.0 Å². The molecule has 0 aliphatic rings. The van der Waals surface area contributed by atoms with Crippen molar-refractivity contribution in [2.45, 2.75) is 32.2 Å². The van der Waals surface area contributed by atoms with Gasteiger partial charge in [0.2, 0.25) is 0 Å². The second-order valence-electron chi connectivity index (χ2n) is 3.99. The predicted octanol–water partition coefficient (Wildman–Crippen LogP) is 2.92. The third-order valence-electron chi connectivity index (χ3n) is 2.71. The van der Waals surface area contributed by atoms with Crippen molar-refractivity contribution < 1.29 is 0 Å².